The molecule has 2 N–H and O–H groups in total. The van der Waals surface area contributed by atoms with E-state index in [1.54, 1.807) is 11.3 Å². The molecular weight excluding hydrogens is 442 g/mol. The molecule has 4 aliphatic rings. The number of rotatable bonds is 4. The van der Waals surface area contributed by atoms with Crippen LogP contribution in [-0.2, 0) is 16.0 Å². The molecule has 1 aromatic rings. The number of fused-ring (bicyclic) bond motifs is 2. The van der Waals surface area contributed by atoms with Gasteiger partial charge in [-0.1, -0.05) is 20.8 Å². The molecule has 0 unspecified atom stereocenters. The van der Waals surface area contributed by atoms with E-state index in [0.717, 1.165) is 62.4 Å². The van der Waals surface area contributed by atoms with Crippen molar-refractivity contribution in [3.05, 3.63) is 10.6 Å². The SMILES string of the molecule is C[C@H](C(=O)N1CCSCC1)[C@@H]1CC[C@]2(C)Cc3sc(NC(=O)C4CC4)nc3[C@@H](C)[C@@H]2[C@H]1O. The predicted molar refractivity (Wildman–Crippen MR) is 129 cm³/mol. The lowest BCUT2D eigenvalue weighted by Gasteiger charge is -2.53. The smallest absolute Gasteiger partial charge is 0.229 e. The van der Waals surface area contributed by atoms with Gasteiger partial charge in [-0.05, 0) is 49.4 Å². The number of aliphatic hydroxyl groups excluding tert-OH is 1. The third-order valence-electron chi connectivity index (χ3n) is 8.45. The number of aliphatic hydroxyl groups is 1. The van der Waals surface area contributed by atoms with Gasteiger partial charge < -0.3 is 15.3 Å². The average Bonchev–Trinajstić information content (AvgIpc) is 3.55. The van der Waals surface area contributed by atoms with E-state index in [1.807, 2.05) is 23.6 Å². The molecule has 2 heterocycles. The zero-order chi connectivity index (χ0) is 22.6. The molecule has 3 fully saturated rings. The Morgan fingerprint density at radius 2 is 1.97 bits per heavy atom. The highest BCUT2D eigenvalue weighted by atomic mass is 32.2. The van der Waals surface area contributed by atoms with Crippen LogP contribution in [0, 0.1) is 29.1 Å². The van der Waals surface area contributed by atoms with Crippen LogP contribution in [0.2, 0.25) is 0 Å². The number of aromatic nitrogens is 1. The van der Waals surface area contributed by atoms with E-state index in [4.69, 9.17) is 4.98 Å². The first kappa shape index (κ1) is 22.7. The van der Waals surface area contributed by atoms with Crippen molar-refractivity contribution < 1.29 is 14.7 Å². The number of nitrogens with one attached hydrogen (secondary N) is 1. The lowest BCUT2D eigenvalue weighted by atomic mass is 9.53. The molecule has 32 heavy (non-hydrogen) atoms. The Labute approximate surface area is 198 Å². The van der Waals surface area contributed by atoms with Crippen LogP contribution in [0.3, 0.4) is 0 Å². The minimum absolute atomic E-state index is 0.00281. The monoisotopic (exact) mass is 477 g/mol. The molecule has 8 heteroatoms. The van der Waals surface area contributed by atoms with Crippen LogP contribution in [0.1, 0.15) is 62.9 Å². The van der Waals surface area contributed by atoms with Crippen LogP contribution < -0.4 is 5.32 Å². The molecule has 1 aromatic heterocycles. The maximum atomic E-state index is 13.2. The zero-order valence-electron chi connectivity index (χ0n) is 19.3. The van der Waals surface area contributed by atoms with Crippen LogP contribution in [-0.4, -0.2) is 57.5 Å². The van der Waals surface area contributed by atoms with E-state index in [2.05, 4.69) is 19.2 Å². The summed E-state index contributed by atoms with van der Waals surface area (Å²) >= 11 is 3.52. The van der Waals surface area contributed by atoms with E-state index in [9.17, 15) is 14.7 Å². The summed E-state index contributed by atoms with van der Waals surface area (Å²) in [5.41, 5.74) is 1.03. The van der Waals surface area contributed by atoms with Crippen molar-refractivity contribution in [1.29, 1.82) is 0 Å². The number of nitrogens with zero attached hydrogens (tertiary/aromatic N) is 2. The highest BCUT2D eigenvalue weighted by molar-refractivity contribution is 7.99. The molecule has 5 rings (SSSR count). The summed E-state index contributed by atoms with van der Waals surface area (Å²) in [6, 6.07) is 0. The fraction of sp³-hybridized carbons (Fsp3) is 0.792. The second kappa shape index (κ2) is 8.58. The Balaban J connectivity index is 1.34. The number of hydrogen-bond acceptors (Lipinski definition) is 6. The van der Waals surface area contributed by atoms with Crippen molar-refractivity contribution in [3.63, 3.8) is 0 Å². The van der Waals surface area contributed by atoms with Crippen molar-refractivity contribution >= 4 is 40.0 Å². The normalized spacial score (nSPS) is 35.6. The van der Waals surface area contributed by atoms with Crippen LogP contribution in [0.4, 0.5) is 5.13 Å². The second-order valence-corrected chi connectivity index (χ2v) is 13.0. The average molecular weight is 478 g/mol. The van der Waals surface area contributed by atoms with Gasteiger partial charge in [0, 0.05) is 47.2 Å². The minimum atomic E-state index is -0.513. The van der Waals surface area contributed by atoms with E-state index in [0.29, 0.717) is 5.13 Å². The summed E-state index contributed by atoms with van der Waals surface area (Å²) in [6.45, 7) is 8.14. The number of amides is 2. The van der Waals surface area contributed by atoms with Crippen molar-refractivity contribution in [3.8, 4) is 0 Å². The Bertz CT molecular complexity index is 895. The lowest BCUT2D eigenvalue weighted by molar-refractivity contribution is -0.144. The van der Waals surface area contributed by atoms with Crippen LogP contribution in [0.25, 0.3) is 0 Å². The van der Waals surface area contributed by atoms with Gasteiger partial charge in [0.15, 0.2) is 5.13 Å². The van der Waals surface area contributed by atoms with Crippen LogP contribution >= 0.6 is 23.1 Å². The van der Waals surface area contributed by atoms with Crippen LogP contribution in [0.15, 0.2) is 0 Å². The Morgan fingerprint density at radius 1 is 1.25 bits per heavy atom. The van der Waals surface area contributed by atoms with Crippen molar-refractivity contribution in [1.82, 2.24) is 9.88 Å². The zero-order valence-corrected chi connectivity index (χ0v) is 20.9. The van der Waals surface area contributed by atoms with Crippen molar-refractivity contribution in [2.75, 3.05) is 29.9 Å². The Hall–Kier alpha value is -1.12. The molecule has 0 bridgehead atoms. The number of carbonyl (C=O) groups excluding carboxylic acids is 2. The van der Waals surface area contributed by atoms with Gasteiger partial charge in [0.25, 0.3) is 0 Å². The molecule has 0 aromatic carbocycles. The number of carbonyl (C=O) groups is 2. The van der Waals surface area contributed by atoms with E-state index < -0.39 is 6.10 Å². The molecule has 1 saturated heterocycles. The molecular formula is C24H35N3O3S2. The predicted octanol–water partition coefficient (Wildman–Crippen LogP) is 3.76. The Kier molecular flexibility index (Phi) is 6.08. The fourth-order valence-electron chi connectivity index (χ4n) is 6.41. The maximum absolute atomic E-state index is 13.2. The first-order valence-electron chi connectivity index (χ1n) is 12.1. The summed E-state index contributed by atoms with van der Waals surface area (Å²) in [5, 5.41) is 15.3. The third-order valence-corrected chi connectivity index (χ3v) is 10.4. The number of thiazole rings is 1. The van der Waals surface area contributed by atoms with Gasteiger partial charge in [0.2, 0.25) is 11.8 Å². The summed E-state index contributed by atoms with van der Waals surface area (Å²) in [7, 11) is 0. The quantitative estimate of drug-likeness (QED) is 0.690. The van der Waals surface area contributed by atoms with Gasteiger partial charge in [0.05, 0.1) is 11.8 Å². The molecule has 0 radical (unpaired) electrons. The summed E-state index contributed by atoms with van der Waals surface area (Å²) < 4.78 is 0. The first-order chi connectivity index (χ1) is 15.3. The van der Waals surface area contributed by atoms with E-state index >= 15 is 0 Å². The number of anilines is 1. The molecule has 3 aliphatic carbocycles. The molecule has 0 spiro atoms. The van der Waals surface area contributed by atoms with Gasteiger partial charge in [-0.2, -0.15) is 11.8 Å². The minimum Gasteiger partial charge on any atom is -0.392 e. The fourth-order valence-corrected chi connectivity index (χ4v) is 8.58. The molecule has 1 aliphatic heterocycles. The van der Waals surface area contributed by atoms with Crippen LogP contribution in [0.5, 0.6) is 0 Å². The Morgan fingerprint density at radius 3 is 2.66 bits per heavy atom. The second-order valence-electron chi connectivity index (χ2n) is 10.7. The van der Waals surface area contributed by atoms with Gasteiger partial charge in [-0.15, -0.1) is 11.3 Å². The van der Waals surface area contributed by atoms with Gasteiger partial charge in [-0.3, -0.25) is 9.59 Å². The molecule has 2 amide bonds. The van der Waals surface area contributed by atoms with E-state index in [1.165, 1.54) is 4.88 Å². The number of hydrogen-bond donors (Lipinski definition) is 2. The van der Waals surface area contributed by atoms with Crippen molar-refractivity contribution in [2.45, 2.75) is 64.9 Å². The maximum Gasteiger partial charge on any atom is 0.229 e. The lowest BCUT2D eigenvalue weighted by Crippen LogP contribution is -2.54. The molecule has 2 saturated carbocycles. The van der Waals surface area contributed by atoms with E-state index in [-0.39, 0.29) is 46.8 Å². The molecule has 176 valence electrons. The third kappa shape index (κ3) is 4.00. The van der Waals surface area contributed by atoms with Gasteiger partial charge >= 0.3 is 0 Å². The van der Waals surface area contributed by atoms with Gasteiger partial charge in [0.1, 0.15) is 0 Å². The topological polar surface area (TPSA) is 82.5 Å². The standard InChI is InChI=1S/C24H35N3O3S2/c1-13(22(30)27-8-10-31-11-9-27)16-6-7-24(3)12-17-19(14(2)18(24)20(16)28)25-23(32-17)26-21(29)15-4-5-15/h13-16,18,20,28H,4-12H2,1-3H3,(H,25,26,29)/t13-,14-,16-,18+,20-,24+/m0/s1. The van der Waals surface area contributed by atoms with Gasteiger partial charge in [-0.25, -0.2) is 4.98 Å². The molecule has 6 atom stereocenters. The summed E-state index contributed by atoms with van der Waals surface area (Å²) in [5.74, 6) is 2.51. The largest absolute Gasteiger partial charge is 0.392 e. The first-order valence-corrected chi connectivity index (χ1v) is 14.1. The summed E-state index contributed by atoms with van der Waals surface area (Å²) in [6.07, 6.45) is 4.24. The summed E-state index contributed by atoms with van der Waals surface area (Å²) in [4.78, 5) is 33.5. The highest BCUT2D eigenvalue weighted by Crippen LogP contribution is 2.57. The highest BCUT2D eigenvalue weighted by Gasteiger charge is 2.54. The number of thioether (sulfide) groups is 1. The van der Waals surface area contributed by atoms with Crippen molar-refractivity contribution in [2.24, 2.45) is 29.1 Å². The molecule has 6 nitrogen and oxygen atoms in total.